The Labute approximate surface area is 122 Å². The number of benzene rings is 2. The van der Waals surface area contributed by atoms with Gasteiger partial charge in [0.15, 0.2) is 11.6 Å². The second kappa shape index (κ2) is 5.85. The van der Waals surface area contributed by atoms with Crippen LogP contribution in [0, 0.1) is 41.5 Å². The Bertz CT molecular complexity index is 766. The van der Waals surface area contributed by atoms with E-state index in [4.69, 9.17) is 5.26 Å². The van der Waals surface area contributed by atoms with E-state index in [1.807, 2.05) is 0 Å². The van der Waals surface area contributed by atoms with Gasteiger partial charge in [0.2, 0.25) is 5.75 Å². The monoisotopic (exact) mass is 309 g/mol. The minimum absolute atomic E-state index is 0.269. The van der Waals surface area contributed by atoms with E-state index in [2.05, 4.69) is 4.74 Å². The molecule has 0 unspecified atom stereocenters. The van der Waals surface area contributed by atoms with Crippen molar-refractivity contribution in [1.29, 1.82) is 5.26 Å². The van der Waals surface area contributed by atoms with Gasteiger partial charge < -0.3 is 4.74 Å². The highest BCUT2D eigenvalue weighted by molar-refractivity contribution is 5.91. The summed E-state index contributed by atoms with van der Waals surface area (Å²) in [5.41, 5.74) is -1.22. The Hall–Kier alpha value is -2.88. The molecule has 2 aromatic carbocycles. The Morgan fingerprint density at radius 1 is 1.00 bits per heavy atom. The highest BCUT2D eigenvalue weighted by Crippen LogP contribution is 2.24. The third-order valence-electron chi connectivity index (χ3n) is 2.73. The van der Waals surface area contributed by atoms with E-state index >= 15 is 0 Å². The number of hydrogen-bond acceptors (Lipinski definition) is 3. The van der Waals surface area contributed by atoms with Crippen molar-refractivity contribution in [3.63, 3.8) is 0 Å². The molecule has 7 heteroatoms. The predicted octanol–water partition coefficient (Wildman–Crippen LogP) is 3.64. The fraction of sp³-hybridized carbons (Fsp3) is 0.0667. The first-order chi connectivity index (χ1) is 10.3. The highest BCUT2D eigenvalue weighted by Gasteiger charge is 2.20. The largest absolute Gasteiger partial charge is 0.417 e. The van der Waals surface area contributed by atoms with Crippen molar-refractivity contribution in [3.8, 4) is 11.8 Å². The quantitative estimate of drug-likeness (QED) is 0.483. The summed E-state index contributed by atoms with van der Waals surface area (Å²) in [5, 5.41) is 8.52. The maximum absolute atomic E-state index is 13.6. The zero-order chi connectivity index (χ0) is 16.4. The number of nitrogens with zero attached hydrogens (tertiary/aromatic N) is 1. The molecule has 0 saturated heterocycles. The van der Waals surface area contributed by atoms with E-state index in [0.29, 0.717) is 12.1 Å². The SMILES string of the molecule is Cc1cc(F)c(OC(=O)c2cc(F)c(C#N)c(F)c2)c(F)c1. The lowest BCUT2D eigenvalue weighted by atomic mass is 10.1. The first-order valence-corrected chi connectivity index (χ1v) is 5.90. The molecule has 0 aliphatic rings. The number of carbonyl (C=O) groups excluding carboxylic acids is 1. The summed E-state index contributed by atoms with van der Waals surface area (Å²) in [6.07, 6.45) is 0. The Morgan fingerprint density at radius 3 is 1.95 bits per heavy atom. The average Bonchev–Trinajstić information content (AvgIpc) is 2.42. The minimum Gasteiger partial charge on any atom is -0.417 e. The van der Waals surface area contributed by atoms with Crippen LogP contribution in [0.2, 0.25) is 0 Å². The molecular weight excluding hydrogens is 302 g/mol. The molecule has 0 aliphatic carbocycles. The van der Waals surface area contributed by atoms with Gasteiger partial charge >= 0.3 is 5.97 Å². The third-order valence-corrected chi connectivity index (χ3v) is 2.73. The van der Waals surface area contributed by atoms with Crippen LogP contribution in [0.1, 0.15) is 21.5 Å². The van der Waals surface area contributed by atoms with Gasteiger partial charge in [-0.1, -0.05) is 0 Å². The lowest BCUT2D eigenvalue weighted by Crippen LogP contribution is -2.12. The second-order valence-corrected chi connectivity index (χ2v) is 4.37. The van der Waals surface area contributed by atoms with E-state index < -0.39 is 46.1 Å². The zero-order valence-electron chi connectivity index (χ0n) is 11.1. The number of nitriles is 1. The maximum atomic E-state index is 13.6. The molecule has 0 N–H and O–H groups in total. The molecule has 2 rings (SSSR count). The molecule has 0 bridgehead atoms. The average molecular weight is 309 g/mol. The van der Waals surface area contributed by atoms with Crippen molar-refractivity contribution in [3.05, 3.63) is 64.2 Å². The van der Waals surface area contributed by atoms with Gasteiger partial charge in [0.05, 0.1) is 5.56 Å². The third kappa shape index (κ3) is 2.91. The van der Waals surface area contributed by atoms with Crippen LogP contribution in [0.3, 0.4) is 0 Å². The molecule has 112 valence electrons. The van der Waals surface area contributed by atoms with Crippen molar-refractivity contribution in [2.75, 3.05) is 0 Å². The van der Waals surface area contributed by atoms with Crippen molar-refractivity contribution in [2.24, 2.45) is 0 Å². The van der Waals surface area contributed by atoms with Crippen molar-refractivity contribution >= 4 is 5.97 Å². The summed E-state index contributed by atoms with van der Waals surface area (Å²) < 4.78 is 58.4. The second-order valence-electron chi connectivity index (χ2n) is 4.37. The molecular formula is C15H7F4NO2. The smallest absolute Gasteiger partial charge is 0.343 e. The van der Waals surface area contributed by atoms with Gasteiger partial charge in [-0.3, -0.25) is 0 Å². The summed E-state index contributed by atoms with van der Waals surface area (Å²) in [6.45, 7) is 1.43. The number of aryl methyl sites for hydroxylation is 1. The number of hydrogen-bond donors (Lipinski definition) is 0. The van der Waals surface area contributed by atoms with Crippen molar-refractivity contribution in [1.82, 2.24) is 0 Å². The van der Waals surface area contributed by atoms with Crippen LogP contribution in [0.4, 0.5) is 17.6 Å². The molecule has 22 heavy (non-hydrogen) atoms. The van der Waals surface area contributed by atoms with E-state index in [-0.39, 0.29) is 5.56 Å². The van der Waals surface area contributed by atoms with Crippen molar-refractivity contribution in [2.45, 2.75) is 6.92 Å². The van der Waals surface area contributed by atoms with Gasteiger partial charge in [-0.15, -0.1) is 0 Å². The lowest BCUT2D eigenvalue weighted by Gasteiger charge is -2.08. The summed E-state index contributed by atoms with van der Waals surface area (Å²) >= 11 is 0. The summed E-state index contributed by atoms with van der Waals surface area (Å²) in [7, 11) is 0. The van der Waals surface area contributed by atoms with Crippen LogP contribution < -0.4 is 4.74 Å². The lowest BCUT2D eigenvalue weighted by molar-refractivity contribution is 0.0719. The van der Waals surface area contributed by atoms with Gasteiger partial charge in [-0.25, -0.2) is 22.4 Å². The number of carbonyl (C=O) groups is 1. The predicted molar refractivity (Wildman–Crippen MR) is 67.1 cm³/mol. The van der Waals surface area contributed by atoms with Crippen LogP contribution in [-0.2, 0) is 0 Å². The summed E-state index contributed by atoms with van der Waals surface area (Å²) in [4.78, 5) is 11.7. The van der Waals surface area contributed by atoms with Gasteiger partial charge in [-0.05, 0) is 36.8 Å². The Balaban J connectivity index is 2.37. The van der Waals surface area contributed by atoms with E-state index in [1.54, 1.807) is 0 Å². The molecule has 0 aliphatic heterocycles. The number of halogens is 4. The molecule has 0 radical (unpaired) electrons. The van der Waals surface area contributed by atoms with Gasteiger partial charge in [0.1, 0.15) is 23.3 Å². The Kier molecular flexibility index (Phi) is 4.13. The van der Waals surface area contributed by atoms with Gasteiger partial charge in [0, 0.05) is 0 Å². The molecule has 0 amide bonds. The maximum Gasteiger partial charge on any atom is 0.343 e. The van der Waals surface area contributed by atoms with Crippen LogP contribution in [-0.4, -0.2) is 5.97 Å². The molecule has 2 aromatic rings. The standard InChI is InChI=1S/C15H7F4NO2/c1-7-2-12(18)14(13(19)3-7)22-15(21)8-4-10(16)9(6-20)11(17)5-8/h2-5H,1H3. The van der Waals surface area contributed by atoms with E-state index in [0.717, 1.165) is 12.1 Å². The number of rotatable bonds is 2. The number of esters is 1. The molecule has 0 atom stereocenters. The van der Waals surface area contributed by atoms with E-state index in [9.17, 15) is 22.4 Å². The molecule has 0 aromatic heterocycles. The fourth-order valence-corrected chi connectivity index (χ4v) is 1.73. The molecule has 0 saturated carbocycles. The van der Waals surface area contributed by atoms with Crippen LogP contribution in [0.5, 0.6) is 5.75 Å². The fourth-order valence-electron chi connectivity index (χ4n) is 1.73. The van der Waals surface area contributed by atoms with Crippen LogP contribution in [0.25, 0.3) is 0 Å². The molecule has 0 fully saturated rings. The normalized spacial score (nSPS) is 10.2. The Morgan fingerprint density at radius 2 is 1.50 bits per heavy atom. The molecule has 0 spiro atoms. The first-order valence-electron chi connectivity index (χ1n) is 5.90. The first kappa shape index (κ1) is 15.5. The molecule has 3 nitrogen and oxygen atoms in total. The van der Waals surface area contributed by atoms with Crippen LogP contribution >= 0.6 is 0 Å². The van der Waals surface area contributed by atoms with Crippen LogP contribution in [0.15, 0.2) is 24.3 Å². The zero-order valence-corrected chi connectivity index (χ0v) is 11.1. The van der Waals surface area contributed by atoms with Gasteiger partial charge in [-0.2, -0.15) is 5.26 Å². The van der Waals surface area contributed by atoms with E-state index in [1.165, 1.54) is 13.0 Å². The topological polar surface area (TPSA) is 50.1 Å². The minimum atomic E-state index is -1.36. The van der Waals surface area contributed by atoms with Crippen molar-refractivity contribution < 1.29 is 27.1 Å². The summed E-state index contributed by atoms with van der Waals surface area (Å²) in [6, 6.07) is 4.25. The molecule has 0 heterocycles. The number of ether oxygens (including phenoxy) is 1. The van der Waals surface area contributed by atoms with Gasteiger partial charge in [0.25, 0.3) is 0 Å². The summed E-state index contributed by atoms with van der Waals surface area (Å²) in [5.74, 6) is -7.14. The highest BCUT2D eigenvalue weighted by atomic mass is 19.1.